The smallest absolute Gasteiger partial charge is 0.409 e. The fraction of sp³-hybridized carbons (Fsp3) is 0.267. The minimum absolute atomic E-state index is 0.338. The summed E-state index contributed by atoms with van der Waals surface area (Å²) in [5.74, 6) is 0.840. The van der Waals surface area contributed by atoms with Crippen molar-refractivity contribution < 1.29 is 14.3 Å². The Kier molecular flexibility index (Phi) is 3.90. The first-order chi connectivity index (χ1) is 9.13. The van der Waals surface area contributed by atoms with Gasteiger partial charge in [0.25, 0.3) is 0 Å². The van der Waals surface area contributed by atoms with Crippen LogP contribution in [0.15, 0.2) is 36.4 Å². The molecule has 0 bridgehead atoms. The van der Waals surface area contributed by atoms with Crippen molar-refractivity contribution in [2.24, 2.45) is 0 Å². The average Bonchev–Trinajstić information content (AvgIpc) is 2.45. The Morgan fingerprint density at radius 3 is 2.47 bits per heavy atom. The van der Waals surface area contributed by atoms with Crippen LogP contribution in [0.5, 0.6) is 5.75 Å². The normalized spacial score (nSPS) is 10.3. The molecule has 0 heterocycles. The molecule has 19 heavy (non-hydrogen) atoms. The van der Waals surface area contributed by atoms with E-state index in [0.717, 1.165) is 22.1 Å². The molecule has 0 unspecified atom stereocenters. The van der Waals surface area contributed by atoms with Gasteiger partial charge in [-0.25, -0.2) is 4.79 Å². The number of hydrogen-bond donors (Lipinski definition) is 0. The van der Waals surface area contributed by atoms with Gasteiger partial charge in [-0.15, -0.1) is 0 Å². The van der Waals surface area contributed by atoms with Crippen molar-refractivity contribution in [2.75, 3.05) is 21.3 Å². The summed E-state index contributed by atoms with van der Waals surface area (Å²) in [6.07, 6.45) is -0.338. The fourth-order valence-corrected chi connectivity index (χ4v) is 1.99. The van der Waals surface area contributed by atoms with Gasteiger partial charge < -0.3 is 14.4 Å². The third kappa shape index (κ3) is 2.96. The molecule has 0 radical (unpaired) electrons. The zero-order chi connectivity index (χ0) is 13.8. The standard InChI is InChI=1S/C15H17NO3/c1-16(15(17)19-3)10-11-4-5-13-9-14(18-2)7-6-12(13)8-11/h4-9H,10H2,1-3H3. The van der Waals surface area contributed by atoms with Crippen LogP contribution in [-0.4, -0.2) is 32.3 Å². The van der Waals surface area contributed by atoms with E-state index in [1.165, 1.54) is 12.0 Å². The van der Waals surface area contributed by atoms with Gasteiger partial charge in [-0.3, -0.25) is 0 Å². The molecule has 0 fully saturated rings. The zero-order valence-corrected chi connectivity index (χ0v) is 11.3. The molecule has 0 aliphatic rings. The number of carbonyl (C=O) groups is 1. The van der Waals surface area contributed by atoms with Gasteiger partial charge in [0.05, 0.1) is 14.2 Å². The van der Waals surface area contributed by atoms with E-state index in [1.54, 1.807) is 14.2 Å². The highest BCUT2D eigenvalue weighted by molar-refractivity contribution is 5.84. The summed E-state index contributed by atoms with van der Waals surface area (Å²) >= 11 is 0. The van der Waals surface area contributed by atoms with Crippen molar-refractivity contribution in [2.45, 2.75) is 6.54 Å². The molecule has 4 nitrogen and oxygen atoms in total. The number of carbonyl (C=O) groups excluding carboxylic acids is 1. The van der Waals surface area contributed by atoms with Crippen LogP contribution >= 0.6 is 0 Å². The molecule has 4 heteroatoms. The lowest BCUT2D eigenvalue weighted by Gasteiger charge is -2.15. The fourth-order valence-electron chi connectivity index (χ4n) is 1.99. The molecule has 0 N–H and O–H groups in total. The van der Waals surface area contributed by atoms with Crippen molar-refractivity contribution in [3.05, 3.63) is 42.0 Å². The quantitative estimate of drug-likeness (QED) is 0.850. The molecule has 2 aromatic rings. The summed E-state index contributed by atoms with van der Waals surface area (Å²) in [7, 11) is 4.75. The highest BCUT2D eigenvalue weighted by atomic mass is 16.5. The van der Waals surface area contributed by atoms with Crippen LogP contribution < -0.4 is 4.74 Å². The van der Waals surface area contributed by atoms with E-state index in [2.05, 4.69) is 10.8 Å². The van der Waals surface area contributed by atoms with Gasteiger partial charge in [-0.05, 0) is 34.5 Å². The Balaban J connectivity index is 2.24. The van der Waals surface area contributed by atoms with Gasteiger partial charge in [0.15, 0.2) is 0 Å². The Morgan fingerprint density at radius 1 is 1.11 bits per heavy atom. The first kappa shape index (κ1) is 13.2. The Hall–Kier alpha value is -2.23. The van der Waals surface area contributed by atoms with E-state index < -0.39 is 0 Å². The monoisotopic (exact) mass is 259 g/mol. The van der Waals surface area contributed by atoms with Gasteiger partial charge in [0, 0.05) is 13.6 Å². The minimum atomic E-state index is -0.338. The molecule has 0 aromatic heterocycles. The maximum atomic E-state index is 11.4. The summed E-state index contributed by atoms with van der Waals surface area (Å²) in [4.78, 5) is 12.9. The first-order valence-corrected chi connectivity index (χ1v) is 6.00. The molecular formula is C15H17NO3. The van der Waals surface area contributed by atoms with Crippen LogP contribution in [0, 0.1) is 0 Å². The lowest BCUT2D eigenvalue weighted by molar-refractivity contribution is 0.131. The van der Waals surface area contributed by atoms with E-state index >= 15 is 0 Å². The van der Waals surface area contributed by atoms with Gasteiger partial charge in [-0.2, -0.15) is 0 Å². The van der Waals surface area contributed by atoms with Crippen LogP contribution in [0.1, 0.15) is 5.56 Å². The van der Waals surface area contributed by atoms with E-state index in [1.807, 2.05) is 30.3 Å². The number of benzene rings is 2. The molecule has 0 aliphatic carbocycles. The summed E-state index contributed by atoms with van der Waals surface area (Å²) in [6.45, 7) is 0.522. The lowest BCUT2D eigenvalue weighted by Crippen LogP contribution is -2.25. The predicted octanol–water partition coefficient (Wildman–Crippen LogP) is 3.05. The Labute approximate surface area is 112 Å². The van der Waals surface area contributed by atoms with Crippen molar-refractivity contribution >= 4 is 16.9 Å². The van der Waals surface area contributed by atoms with Crippen LogP contribution in [0.4, 0.5) is 4.79 Å². The SMILES string of the molecule is COC(=O)N(C)Cc1ccc2cc(OC)ccc2c1. The molecule has 0 saturated carbocycles. The number of rotatable bonds is 3. The van der Waals surface area contributed by atoms with Crippen LogP contribution in [0.2, 0.25) is 0 Å². The Bertz CT molecular complexity index is 595. The van der Waals surface area contributed by atoms with Gasteiger partial charge in [-0.1, -0.05) is 18.2 Å². The topological polar surface area (TPSA) is 38.8 Å². The molecule has 0 aliphatic heterocycles. The van der Waals surface area contributed by atoms with E-state index in [0.29, 0.717) is 6.54 Å². The number of ether oxygens (including phenoxy) is 2. The molecule has 0 spiro atoms. The third-order valence-electron chi connectivity index (χ3n) is 3.02. The summed E-state index contributed by atoms with van der Waals surface area (Å²) in [6, 6.07) is 12.0. The van der Waals surface area contributed by atoms with Crippen molar-refractivity contribution in [3.63, 3.8) is 0 Å². The molecular weight excluding hydrogens is 242 g/mol. The minimum Gasteiger partial charge on any atom is -0.497 e. The van der Waals surface area contributed by atoms with Gasteiger partial charge in [0.1, 0.15) is 5.75 Å². The number of methoxy groups -OCH3 is 2. The molecule has 0 saturated heterocycles. The predicted molar refractivity (Wildman–Crippen MR) is 74.4 cm³/mol. The number of amides is 1. The van der Waals surface area contributed by atoms with Crippen molar-refractivity contribution in [1.29, 1.82) is 0 Å². The summed E-state index contributed by atoms with van der Waals surface area (Å²) in [5, 5.41) is 2.24. The maximum absolute atomic E-state index is 11.4. The highest BCUT2D eigenvalue weighted by Gasteiger charge is 2.08. The second-order valence-corrected chi connectivity index (χ2v) is 4.37. The van der Waals surface area contributed by atoms with Crippen molar-refractivity contribution in [1.82, 2.24) is 4.90 Å². The number of fused-ring (bicyclic) bond motifs is 1. The zero-order valence-electron chi connectivity index (χ0n) is 11.3. The highest BCUT2D eigenvalue weighted by Crippen LogP contribution is 2.22. The molecule has 2 rings (SSSR count). The first-order valence-electron chi connectivity index (χ1n) is 6.00. The van der Waals surface area contributed by atoms with Crippen LogP contribution in [0.25, 0.3) is 10.8 Å². The van der Waals surface area contributed by atoms with Gasteiger partial charge >= 0.3 is 6.09 Å². The third-order valence-corrected chi connectivity index (χ3v) is 3.02. The van der Waals surface area contributed by atoms with E-state index in [4.69, 9.17) is 4.74 Å². The second kappa shape index (κ2) is 5.61. The van der Waals surface area contributed by atoms with Gasteiger partial charge in [0.2, 0.25) is 0 Å². The summed E-state index contributed by atoms with van der Waals surface area (Å²) in [5.41, 5.74) is 1.06. The largest absolute Gasteiger partial charge is 0.497 e. The van der Waals surface area contributed by atoms with Crippen molar-refractivity contribution in [3.8, 4) is 5.75 Å². The van der Waals surface area contributed by atoms with Crippen LogP contribution in [-0.2, 0) is 11.3 Å². The number of nitrogens with zero attached hydrogens (tertiary/aromatic N) is 1. The van der Waals surface area contributed by atoms with E-state index in [-0.39, 0.29) is 6.09 Å². The average molecular weight is 259 g/mol. The maximum Gasteiger partial charge on any atom is 0.409 e. The Morgan fingerprint density at radius 2 is 1.79 bits per heavy atom. The molecule has 0 atom stereocenters. The second-order valence-electron chi connectivity index (χ2n) is 4.37. The summed E-state index contributed by atoms with van der Waals surface area (Å²) < 4.78 is 9.87. The molecule has 100 valence electrons. The molecule has 2 aromatic carbocycles. The lowest BCUT2D eigenvalue weighted by atomic mass is 10.1. The van der Waals surface area contributed by atoms with E-state index in [9.17, 15) is 4.79 Å². The molecule has 1 amide bonds. The number of hydrogen-bond acceptors (Lipinski definition) is 3. The van der Waals surface area contributed by atoms with Crippen LogP contribution in [0.3, 0.4) is 0 Å².